The first-order valence-corrected chi connectivity index (χ1v) is 11.4. The molecule has 0 aliphatic carbocycles. The Labute approximate surface area is 186 Å². The lowest BCUT2D eigenvalue weighted by atomic mass is 10.1. The van der Waals surface area contributed by atoms with E-state index < -0.39 is 0 Å². The molecule has 2 heterocycles. The van der Waals surface area contributed by atoms with Gasteiger partial charge in [0.25, 0.3) is 0 Å². The summed E-state index contributed by atoms with van der Waals surface area (Å²) in [5.74, 6) is 1.88. The summed E-state index contributed by atoms with van der Waals surface area (Å²) in [5.41, 5.74) is 5.32. The van der Waals surface area contributed by atoms with Crippen LogP contribution in [0.25, 0.3) is 0 Å². The fraction of sp³-hybridized carbons (Fsp3) is 0.480. The van der Waals surface area contributed by atoms with Crippen molar-refractivity contribution in [3.05, 3.63) is 64.7 Å². The average Bonchev–Trinajstić information content (AvgIpc) is 3.26. The SMILES string of the molecule is CN=C(NCCc1ccc2c(c1)CCO2)NCc1ccc(CN2CCN(C)CC2)cc1. The zero-order chi connectivity index (χ0) is 21.5. The lowest BCUT2D eigenvalue weighted by Gasteiger charge is -2.32. The quantitative estimate of drug-likeness (QED) is 0.531. The van der Waals surface area contributed by atoms with Crippen LogP contribution in [0.2, 0.25) is 0 Å². The van der Waals surface area contributed by atoms with Gasteiger partial charge in [-0.05, 0) is 41.8 Å². The molecule has 1 saturated heterocycles. The number of likely N-dealkylation sites (N-methyl/N-ethyl adjacent to an activating group) is 1. The molecule has 0 spiro atoms. The van der Waals surface area contributed by atoms with E-state index in [1.54, 1.807) is 0 Å². The van der Waals surface area contributed by atoms with E-state index in [0.717, 1.165) is 77.0 Å². The van der Waals surface area contributed by atoms with Gasteiger partial charge in [0.2, 0.25) is 0 Å². The third kappa shape index (κ3) is 6.21. The van der Waals surface area contributed by atoms with Gasteiger partial charge >= 0.3 is 0 Å². The van der Waals surface area contributed by atoms with Crippen LogP contribution in [0.5, 0.6) is 5.75 Å². The van der Waals surface area contributed by atoms with Crippen LogP contribution in [0.3, 0.4) is 0 Å². The van der Waals surface area contributed by atoms with Gasteiger partial charge in [-0.1, -0.05) is 36.4 Å². The van der Waals surface area contributed by atoms with E-state index in [2.05, 4.69) is 74.9 Å². The first-order chi connectivity index (χ1) is 15.2. The topological polar surface area (TPSA) is 52.1 Å². The Morgan fingerprint density at radius 3 is 2.48 bits per heavy atom. The third-order valence-electron chi connectivity index (χ3n) is 6.17. The van der Waals surface area contributed by atoms with Crippen molar-refractivity contribution in [3.8, 4) is 5.75 Å². The lowest BCUT2D eigenvalue weighted by Crippen LogP contribution is -2.43. The molecule has 0 amide bonds. The van der Waals surface area contributed by atoms with Crippen molar-refractivity contribution in [2.24, 2.45) is 4.99 Å². The second-order valence-corrected chi connectivity index (χ2v) is 8.54. The number of aliphatic imine (C=N–C) groups is 1. The standard InChI is InChI=1S/C25H35N5O/c1-26-25(27-11-9-20-7-8-24-23(17-20)10-16-31-24)28-18-21-3-5-22(6-4-21)19-30-14-12-29(2)13-15-30/h3-8,17H,9-16,18-19H2,1-2H3,(H2,26,27,28). The minimum atomic E-state index is 0.768. The second-order valence-electron chi connectivity index (χ2n) is 8.54. The molecular weight excluding hydrogens is 386 g/mol. The smallest absolute Gasteiger partial charge is 0.191 e. The molecule has 2 N–H and O–H groups in total. The van der Waals surface area contributed by atoms with E-state index in [1.807, 2.05) is 7.05 Å². The molecule has 1 fully saturated rings. The van der Waals surface area contributed by atoms with Gasteiger partial charge in [0.15, 0.2) is 5.96 Å². The number of ether oxygens (including phenoxy) is 1. The molecule has 166 valence electrons. The van der Waals surface area contributed by atoms with Crippen LogP contribution in [0.15, 0.2) is 47.5 Å². The Morgan fingerprint density at radius 1 is 0.968 bits per heavy atom. The van der Waals surface area contributed by atoms with Crippen LogP contribution in [0.1, 0.15) is 22.3 Å². The maximum Gasteiger partial charge on any atom is 0.191 e. The molecule has 0 atom stereocenters. The summed E-state index contributed by atoms with van der Waals surface area (Å²) in [6.45, 7) is 8.10. The molecule has 0 saturated carbocycles. The highest BCUT2D eigenvalue weighted by Crippen LogP contribution is 2.25. The van der Waals surface area contributed by atoms with Crippen molar-refractivity contribution in [2.75, 3.05) is 53.4 Å². The largest absolute Gasteiger partial charge is 0.493 e. The molecule has 2 aromatic carbocycles. The first kappa shape index (κ1) is 21.7. The molecule has 2 aromatic rings. The van der Waals surface area contributed by atoms with Gasteiger partial charge in [-0.15, -0.1) is 0 Å². The fourth-order valence-corrected chi connectivity index (χ4v) is 4.15. The predicted molar refractivity (Wildman–Crippen MR) is 127 cm³/mol. The molecule has 0 aromatic heterocycles. The summed E-state index contributed by atoms with van der Waals surface area (Å²) in [4.78, 5) is 9.29. The van der Waals surface area contributed by atoms with E-state index >= 15 is 0 Å². The number of guanidine groups is 1. The molecule has 2 aliphatic rings. The van der Waals surface area contributed by atoms with Crippen molar-refractivity contribution in [2.45, 2.75) is 25.9 Å². The van der Waals surface area contributed by atoms with Crippen LogP contribution >= 0.6 is 0 Å². The van der Waals surface area contributed by atoms with Crippen molar-refractivity contribution in [1.29, 1.82) is 0 Å². The van der Waals surface area contributed by atoms with E-state index in [1.165, 1.54) is 22.3 Å². The number of nitrogens with one attached hydrogen (secondary N) is 2. The van der Waals surface area contributed by atoms with Gasteiger partial charge in [-0.2, -0.15) is 0 Å². The summed E-state index contributed by atoms with van der Waals surface area (Å²) in [5, 5.41) is 6.84. The minimum Gasteiger partial charge on any atom is -0.493 e. The Balaban J connectivity index is 1.18. The van der Waals surface area contributed by atoms with Crippen molar-refractivity contribution in [3.63, 3.8) is 0 Å². The molecule has 6 heteroatoms. The maximum absolute atomic E-state index is 5.59. The van der Waals surface area contributed by atoms with Crippen molar-refractivity contribution >= 4 is 5.96 Å². The number of hydrogen-bond donors (Lipinski definition) is 2. The lowest BCUT2D eigenvalue weighted by molar-refractivity contribution is 0.148. The minimum absolute atomic E-state index is 0.768. The number of benzene rings is 2. The summed E-state index contributed by atoms with van der Waals surface area (Å²) in [7, 11) is 4.02. The number of hydrogen-bond acceptors (Lipinski definition) is 4. The molecule has 4 rings (SSSR count). The highest BCUT2D eigenvalue weighted by molar-refractivity contribution is 5.79. The van der Waals surface area contributed by atoms with Crippen LogP contribution in [-0.2, 0) is 25.9 Å². The number of fused-ring (bicyclic) bond motifs is 1. The van der Waals surface area contributed by atoms with E-state index in [9.17, 15) is 0 Å². The zero-order valence-electron chi connectivity index (χ0n) is 18.9. The predicted octanol–water partition coefficient (Wildman–Crippen LogP) is 2.28. The molecule has 2 aliphatic heterocycles. The zero-order valence-corrected chi connectivity index (χ0v) is 18.9. The highest BCUT2D eigenvalue weighted by Gasteiger charge is 2.14. The average molecular weight is 422 g/mol. The first-order valence-electron chi connectivity index (χ1n) is 11.4. The summed E-state index contributed by atoms with van der Waals surface area (Å²) in [6.07, 6.45) is 1.99. The molecule has 6 nitrogen and oxygen atoms in total. The summed E-state index contributed by atoms with van der Waals surface area (Å²) in [6, 6.07) is 15.5. The molecule has 0 unspecified atom stereocenters. The monoisotopic (exact) mass is 421 g/mol. The second kappa shape index (κ2) is 10.6. The van der Waals surface area contributed by atoms with Gasteiger partial charge in [-0.25, -0.2) is 0 Å². The van der Waals surface area contributed by atoms with Crippen LogP contribution in [0, 0.1) is 0 Å². The van der Waals surface area contributed by atoms with Crippen LogP contribution in [-0.4, -0.2) is 69.2 Å². The molecule has 0 radical (unpaired) electrons. The fourth-order valence-electron chi connectivity index (χ4n) is 4.15. The van der Waals surface area contributed by atoms with Gasteiger partial charge < -0.3 is 20.3 Å². The normalized spacial score (nSPS) is 17.3. The highest BCUT2D eigenvalue weighted by atomic mass is 16.5. The van der Waals surface area contributed by atoms with Crippen LogP contribution < -0.4 is 15.4 Å². The van der Waals surface area contributed by atoms with Gasteiger partial charge in [0.1, 0.15) is 5.75 Å². The summed E-state index contributed by atoms with van der Waals surface area (Å²) < 4.78 is 5.59. The number of rotatable bonds is 7. The number of piperazine rings is 1. The Morgan fingerprint density at radius 2 is 1.71 bits per heavy atom. The van der Waals surface area contributed by atoms with E-state index in [4.69, 9.17) is 4.74 Å². The van der Waals surface area contributed by atoms with Gasteiger partial charge in [0.05, 0.1) is 6.61 Å². The van der Waals surface area contributed by atoms with E-state index in [0.29, 0.717) is 0 Å². The Hall–Kier alpha value is -2.57. The number of nitrogens with zero attached hydrogens (tertiary/aromatic N) is 3. The molecule has 0 bridgehead atoms. The Bertz CT molecular complexity index is 872. The van der Waals surface area contributed by atoms with Gasteiger partial charge in [0, 0.05) is 59.3 Å². The molecule has 31 heavy (non-hydrogen) atoms. The summed E-state index contributed by atoms with van der Waals surface area (Å²) >= 11 is 0. The third-order valence-corrected chi connectivity index (χ3v) is 6.17. The van der Waals surface area contributed by atoms with Crippen LogP contribution in [0.4, 0.5) is 0 Å². The van der Waals surface area contributed by atoms with Gasteiger partial charge in [-0.3, -0.25) is 9.89 Å². The van der Waals surface area contributed by atoms with Crippen molar-refractivity contribution < 1.29 is 4.74 Å². The van der Waals surface area contributed by atoms with E-state index in [-0.39, 0.29) is 0 Å². The van der Waals surface area contributed by atoms with Crippen molar-refractivity contribution in [1.82, 2.24) is 20.4 Å². The Kier molecular flexibility index (Phi) is 7.43. The molecular formula is C25H35N5O. The maximum atomic E-state index is 5.59.